The maximum Gasteiger partial charge on any atom is 0.0160 e. The van der Waals surface area contributed by atoms with Gasteiger partial charge in [-0.15, -0.1) is 17.7 Å². The minimum Gasteiger partial charge on any atom is -0.356 e. The van der Waals surface area contributed by atoms with Crippen molar-refractivity contribution in [1.29, 1.82) is 0 Å². The van der Waals surface area contributed by atoms with Gasteiger partial charge in [0.05, 0.1) is 0 Å². The molecule has 14 heavy (non-hydrogen) atoms. The molecule has 0 aromatic carbocycles. The minimum absolute atomic E-state index is 0. The van der Waals surface area contributed by atoms with E-state index in [2.05, 4.69) is 22.1 Å². The Morgan fingerprint density at radius 1 is 1.21 bits per heavy atom. The van der Waals surface area contributed by atoms with Crippen LogP contribution in [0.2, 0.25) is 0 Å². The topological polar surface area (TPSA) is 25.8 Å². The van der Waals surface area contributed by atoms with Crippen molar-refractivity contribution in [2.24, 2.45) is 0 Å². The zero-order valence-electron chi connectivity index (χ0n) is 7.32. The largest absolute Gasteiger partial charge is 0.356 e. The van der Waals surface area contributed by atoms with Crippen LogP contribution in [0.3, 0.4) is 0 Å². The summed E-state index contributed by atoms with van der Waals surface area (Å²) in [6.07, 6.45) is 4.50. The van der Waals surface area contributed by atoms with Crippen molar-refractivity contribution in [3.63, 3.8) is 0 Å². The zero-order chi connectivity index (χ0) is 8.67. The third-order valence-corrected chi connectivity index (χ3v) is 2.31. The van der Waals surface area contributed by atoms with Crippen LogP contribution in [-0.4, -0.2) is 9.97 Å². The van der Waals surface area contributed by atoms with E-state index in [1.54, 1.807) is 6.20 Å². The first kappa shape index (κ1) is 9.50. The maximum absolute atomic E-state index is 4.33. The van der Waals surface area contributed by atoms with Gasteiger partial charge in [-0.05, 0) is 23.9 Å². The van der Waals surface area contributed by atoms with Crippen molar-refractivity contribution < 1.29 is 20.1 Å². The smallest absolute Gasteiger partial charge is 0.0160 e. The molecule has 3 heteroatoms. The Labute approximate surface area is 95.8 Å². The Kier molecular flexibility index (Phi) is 2.44. The molecule has 2 aromatic heterocycles. The molecule has 71 valence electrons. The molecule has 0 fully saturated rings. The summed E-state index contributed by atoms with van der Waals surface area (Å²) in [5.41, 5.74) is 4.47. The van der Waals surface area contributed by atoms with Crippen LogP contribution in [0.4, 0.5) is 0 Å². The number of rotatable bonds is 0. The molecular weight excluding hydrogens is 352 g/mol. The van der Waals surface area contributed by atoms with Gasteiger partial charge in [0, 0.05) is 26.3 Å². The summed E-state index contributed by atoms with van der Waals surface area (Å²) in [4.78, 5) is 8.63. The van der Waals surface area contributed by atoms with Crippen molar-refractivity contribution in [2.45, 2.75) is 6.42 Å². The number of fused-ring (bicyclic) bond motifs is 3. The van der Waals surface area contributed by atoms with Crippen molar-refractivity contribution in [1.82, 2.24) is 9.97 Å². The van der Waals surface area contributed by atoms with Crippen LogP contribution in [0, 0.1) is 6.07 Å². The number of aromatic nitrogens is 2. The molecule has 0 bridgehead atoms. The van der Waals surface area contributed by atoms with E-state index in [9.17, 15) is 0 Å². The van der Waals surface area contributed by atoms with Gasteiger partial charge in [0.2, 0.25) is 0 Å². The summed E-state index contributed by atoms with van der Waals surface area (Å²) in [7, 11) is 0. The monoisotopic (exact) mass is 360 g/mol. The quantitative estimate of drug-likeness (QED) is 0.573. The third-order valence-electron chi connectivity index (χ3n) is 2.31. The Balaban J connectivity index is 0.000000750. The molecule has 1 aliphatic rings. The first-order valence-electron chi connectivity index (χ1n) is 4.25. The van der Waals surface area contributed by atoms with Crippen molar-refractivity contribution in [3.05, 3.63) is 47.9 Å². The van der Waals surface area contributed by atoms with Crippen molar-refractivity contribution in [2.75, 3.05) is 0 Å². The zero-order valence-corrected chi connectivity index (χ0v) is 9.72. The van der Waals surface area contributed by atoms with E-state index in [1.165, 1.54) is 5.56 Å². The molecule has 0 atom stereocenters. The van der Waals surface area contributed by atoms with Crippen molar-refractivity contribution in [3.8, 4) is 11.3 Å². The van der Waals surface area contributed by atoms with Crippen LogP contribution >= 0.6 is 0 Å². The fourth-order valence-electron chi connectivity index (χ4n) is 1.72. The number of hydrogen-bond donors (Lipinski definition) is 0. The molecule has 2 aromatic rings. The van der Waals surface area contributed by atoms with Crippen LogP contribution < -0.4 is 0 Å². The van der Waals surface area contributed by atoms with E-state index >= 15 is 0 Å². The predicted molar refractivity (Wildman–Crippen MR) is 49.1 cm³/mol. The average molecular weight is 359 g/mol. The van der Waals surface area contributed by atoms with Gasteiger partial charge in [0.15, 0.2) is 0 Å². The fraction of sp³-hybridized carbons (Fsp3) is 0.0909. The first-order valence-corrected chi connectivity index (χ1v) is 4.25. The van der Waals surface area contributed by atoms with Gasteiger partial charge >= 0.3 is 0 Å². The summed E-state index contributed by atoms with van der Waals surface area (Å²) < 4.78 is 0. The minimum atomic E-state index is 0. The Bertz CT molecular complexity index is 425. The van der Waals surface area contributed by atoms with Gasteiger partial charge < -0.3 is 9.97 Å². The second-order valence-electron chi connectivity index (χ2n) is 3.10. The van der Waals surface area contributed by atoms with Gasteiger partial charge in [0.25, 0.3) is 0 Å². The first-order chi connectivity index (χ1) is 6.45. The van der Waals surface area contributed by atoms with Crippen LogP contribution in [0.5, 0.6) is 0 Å². The second-order valence-corrected chi connectivity index (χ2v) is 3.10. The van der Waals surface area contributed by atoms with Gasteiger partial charge in [-0.3, -0.25) is 0 Å². The fourth-order valence-corrected chi connectivity index (χ4v) is 1.72. The normalized spacial score (nSPS) is 11.4. The molecule has 3 rings (SSSR count). The van der Waals surface area contributed by atoms with E-state index in [4.69, 9.17) is 0 Å². The summed E-state index contributed by atoms with van der Waals surface area (Å²) in [6.45, 7) is 0. The molecule has 0 saturated heterocycles. The molecule has 1 radical (unpaired) electrons. The van der Waals surface area contributed by atoms with Crippen LogP contribution in [0.1, 0.15) is 11.3 Å². The summed E-state index contributed by atoms with van der Waals surface area (Å²) in [5.74, 6) is 0. The van der Waals surface area contributed by atoms with Crippen molar-refractivity contribution >= 4 is 0 Å². The summed E-state index contributed by atoms with van der Waals surface area (Å²) >= 11 is 0. The molecule has 0 unspecified atom stereocenters. The molecule has 0 amide bonds. The summed E-state index contributed by atoms with van der Waals surface area (Å²) in [6, 6.07) is 9.07. The third kappa shape index (κ3) is 1.29. The van der Waals surface area contributed by atoms with Crippen LogP contribution in [0.25, 0.3) is 11.3 Å². The SMILES string of the molecule is [Ir].[c-]1ccnc2c1-c1ncccc1C2. The standard InChI is InChI=1S/C11H7N2.Ir/c1-3-8-7-10-9(4-2-5-12-10)11(8)13-6-1;/h1-3,5-6H,7H2;/q-1;. The second kappa shape index (κ2) is 3.60. The van der Waals surface area contributed by atoms with Gasteiger partial charge in [-0.25, -0.2) is 0 Å². The average Bonchev–Trinajstić information content (AvgIpc) is 2.56. The van der Waals surface area contributed by atoms with E-state index in [0.717, 1.165) is 23.4 Å². The predicted octanol–water partition coefficient (Wildman–Crippen LogP) is 1.85. The number of nitrogens with zero attached hydrogens (tertiary/aromatic N) is 2. The Morgan fingerprint density at radius 2 is 2.14 bits per heavy atom. The molecule has 1 aliphatic carbocycles. The van der Waals surface area contributed by atoms with Gasteiger partial charge in [-0.1, -0.05) is 17.8 Å². The number of pyridine rings is 2. The molecule has 0 N–H and O–H groups in total. The summed E-state index contributed by atoms with van der Waals surface area (Å²) in [5, 5.41) is 0. The molecule has 0 saturated carbocycles. The van der Waals surface area contributed by atoms with Gasteiger partial charge in [-0.2, -0.15) is 0 Å². The van der Waals surface area contributed by atoms with Gasteiger partial charge in [0.1, 0.15) is 0 Å². The Hall–Kier alpha value is -1.05. The molecule has 2 nitrogen and oxygen atoms in total. The van der Waals surface area contributed by atoms with E-state index in [1.807, 2.05) is 18.3 Å². The molecule has 0 spiro atoms. The Morgan fingerprint density at radius 3 is 3.07 bits per heavy atom. The number of hydrogen-bond acceptors (Lipinski definition) is 2. The maximum atomic E-state index is 4.33. The molecule has 2 heterocycles. The van der Waals surface area contributed by atoms with Crippen LogP contribution in [0.15, 0.2) is 30.6 Å². The van der Waals surface area contributed by atoms with Crippen LogP contribution in [-0.2, 0) is 26.5 Å². The molecule has 0 aliphatic heterocycles. The van der Waals surface area contributed by atoms with E-state index in [-0.39, 0.29) is 20.1 Å². The van der Waals surface area contributed by atoms with E-state index in [0.29, 0.717) is 0 Å². The molecular formula is C11H7IrN2-. The van der Waals surface area contributed by atoms with E-state index < -0.39 is 0 Å².